The molecule has 0 bridgehead atoms. The van der Waals surface area contributed by atoms with Gasteiger partial charge in [0.2, 0.25) is 0 Å². The number of nitrogens with one attached hydrogen (secondary N) is 1. The van der Waals surface area contributed by atoms with E-state index in [0.29, 0.717) is 10.8 Å². The number of benzene rings is 2. The molecule has 1 aliphatic rings. The second-order valence-electron chi connectivity index (χ2n) is 8.64. The van der Waals surface area contributed by atoms with Crippen LogP contribution in [0.15, 0.2) is 42.6 Å². The molecular weight excluding hydrogens is 420 g/mol. The predicted molar refractivity (Wildman–Crippen MR) is 134 cm³/mol. The largest absolute Gasteiger partial charge is 0.507 e. The van der Waals surface area contributed by atoms with Crippen molar-refractivity contribution in [1.82, 2.24) is 14.8 Å². The maximum Gasteiger partial charge on any atom is 0.124 e. The van der Waals surface area contributed by atoms with Gasteiger partial charge in [-0.25, -0.2) is 0 Å². The zero-order valence-electron chi connectivity index (χ0n) is 19.1. The highest BCUT2D eigenvalue weighted by Gasteiger charge is 2.18. The number of pyridine rings is 1. The zero-order valence-corrected chi connectivity index (χ0v) is 19.8. The molecule has 0 spiro atoms. The van der Waals surface area contributed by atoms with Gasteiger partial charge in [-0.05, 0) is 81.8 Å². The Labute approximate surface area is 196 Å². The number of hydrogen-bond donors (Lipinski definition) is 2. The summed E-state index contributed by atoms with van der Waals surface area (Å²) in [5.74, 6) is 0.434. The van der Waals surface area contributed by atoms with Crippen molar-refractivity contribution in [2.45, 2.75) is 46.2 Å². The van der Waals surface area contributed by atoms with E-state index in [-0.39, 0.29) is 0 Å². The van der Waals surface area contributed by atoms with Crippen LogP contribution in [0.1, 0.15) is 44.2 Å². The van der Waals surface area contributed by atoms with Crippen molar-refractivity contribution in [3.63, 3.8) is 0 Å². The summed E-state index contributed by atoms with van der Waals surface area (Å²) in [4.78, 5) is 9.26. The minimum atomic E-state index is 0.434. The van der Waals surface area contributed by atoms with Crippen LogP contribution in [0.3, 0.4) is 0 Å². The molecule has 3 aromatic rings. The summed E-state index contributed by atoms with van der Waals surface area (Å²) in [5, 5.41) is 16.4. The van der Waals surface area contributed by atoms with Crippen molar-refractivity contribution in [2.24, 2.45) is 0 Å². The number of anilines is 2. The van der Waals surface area contributed by atoms with E-state index in [2.05, 4.69) is 46.1 Å². The Bertz CT molecular complexity index is 1070. The Morgan fingerprint density at radius 2 is 1.88 bits per heavy atom. The van der Waals surface area contributed by atoms with Crippen LogP contribution in [0.5, 0.6) is 5.75 Å². The smallest absolute Gasteiger partial charge is 0.124 e. The van der Waals surface area contributed by atoms with Crippen LogP contribution in [-0.2, 0) is 13.1 Å². The molecule has 2 N–H and O–H groups in total. The molecule has 0 unspecified atom stereocenters. The van der Waals surface area contributed by atoms with Crippen LogP contribution in [0, 0.1) is 0 Å². The van der Waals surface area contributed by atoms with Crippen LogP contribution in [-0.4, -0.2) is 46.1 Å². The molecule has 0 aliphatic carbocycles. The topological polar surface area (TPSA) is 51.6 Å². The first-order valence-corrected chi connectivity index (χ1v) is 12.1. The lowest BCUT2D eigenvalue weighted by Crippen LogP contribution is -2.24. The maximum atomic E-state index is 11.1. The van der Waals surface area contributed by atoms with Crippen LogP contribution < -0.4 is 5.32 Å². The van der Waals surface area contributed by atoms with Crippen molar-refractivity contribution in [3.8, 4) is 5.75 Å². The molecule has 4 rings (SSSR count). The Hall–Kier alpha value is -2.34. The van der Waals surface area contributed by atoms with E-state index >= 15 is 0 Å². The second kappa shape index (κ2) is 10.5. The minimum absolute atomic E-state index is 0.434. The van der Waals surface area contributed by atoms with E-state index in [1.807, 2.05) is 24.3 Å². The number of aromatic nitrogens is 1. The molecule has 2 heterocycles. The number of halogens is 1. The molecule has 1 aromatic heterocycles. The van der Waals surface area contributed by atoms with Gasteiger partial charge in [0.15, 0.2) is 0 Å². The highest BCUT2D eigenvalue weighted by Crippen LogP contribution is 2.33. The van der Waals surface area contributed by atoms with Gasteiger partial charge in [-0.2, -0.15) is 0 Å². The quantitative estimate of drug-likeness (QED) is 0.380. The molecule has 0 atom stereocenters. The number of aromatic hydroxyl groups is 1. The third kappa shape index (κ3) is 5.34. The lowest BCUT2D eigenvalue weighted by Gasteiger charge is -2.23. The average Bonchev–Trinajstić information content (AvgIpc) is 3.29. The number of rotatable bonds is 9. The molecule has 5 nitrogen and oxygen atoms in total. The van der Waals surface area contributed by atoms with Crippen molar-refractivity contribution in [3.05, 3.63) is 58.7 Å². The van der Waals surface area contributed by atoms with Crippen LogP contribution in [0.25, 0.3) is 10.9 Å². The lowest BCUT2D eigenvalue weighted by molar-refractivity contribution is 0.274. The van der Waals surface area contributed by atoms with Crippen LogP contribution in [0.4, 0.5) is 11.4 Å². The molecule has 32 heavy (non-hydrogen) atoms. The number of phenolic OH excluding ortho intramolecular Hbond substituents is 1. The number of hydrogen-bond acceptors (Lipinski definition) is 5. The summed E-state index contributed by atoms with van der Waals surface area (Å²) >= 11 is 6.16. The molecule has 1 fully saturated rings. The van der Waals surface area contributed by atoms with E-state index in [1.165, 1.54) is 12.8 Å². The van der Waals surface area contributed by atoms with Gasteiger partial charge in [-0.15, -0.1) is 0 Å². The zero-order chi connectivity index (χ0) is 22.5. The molecule has 2 aromatic carbocycles. The number of fused-ring (bicyclic) bond motifs is 1. The highest BCUT2D eigenvalue weighted by molar-refractivity contribution is 6.31. The molecule has 1 aliphatic heterocycles. The standard InChI is InChI=1S/C26H33ClN4O/c1-3-11-30(4-2)17-19-14-22(15-20(26(19)32)18-31-12-5-6-13-31)29-24-9-10-28-25-16-21(27)7-8-23(24)25/h7-10,14-16,32H,3-6,11-13,17-18H2,1-2H3,(H,28,29). The van der Waals surface area contributed by atoms with Gasteiger partial charge in [0.05, 0.1) is 5.52 Å². The van der Waals surface area contributed by atoms with Gasteiger partial charge >= 0.3 is 0 Å². The summed E-state index contributed by atoms with van der Waals surface area (Å²) in [5.41, 5.74) is 4.79. The third-order valence-corrected chi connectivity index (χ3v) is 6.46. The summed E-state index contributed by atoms with van der Waals surface area (Å²) in [6.07, 6.45) is 5.36. The molecular formula is C26H33ClN4O. The van der Waals surface area contributed by atoms with Crippen molar-refractivity contribution in [2.75, 3.05) is 31.5 Å². The monoisotopic (exact) mass is 452 g/mol. The molecule has 0 amide bonds. The van der Waals surface area contributed by atoms with Crippen molar-refractivity contribution in [1.29, 1.82) is 0 Å². The Morgan fingerprint density at radius 3 is 2.62 bits per heavy atom. The summed E-state index contributed by atoms with van der Waals surface area (Å²) in [6.45, 7) is 10.1. The Morgan fingerprint density at radius 1 is 1.09 bits per heavy atom. The fourth-order valence-electron chi connectivity index (χ4n) is 4.55. The van der Waals surface area contributed by atoms with Crippen molar-refractivity contribution >= 4 is 33.9 Å². The lowest BCUT2D eigenvalue weighted by atomic mass is 10.0. The normalized spacial score (nSPS) is 14.5. The van der Waals surface area contributed by atoms with Gasteiger partial charge in [0, 0.05) is 52.2 Å². The number of nitrogens with zero attached hydrogens (tertiary/aromatic N) is 3. The predicted octanol–water partition coefficient (Wildman–Crippen LogP) is 6.17. The molecule has 170 valence electrons. The van der Waals surface area contributed by atoms with Gasteiger partial charge < -0.3 is 10.4 Å². The second-order valence-corrected chi connectivity index (χ2v) is 9.08. The van der Waals surface area contributed by atoms with Gasteiger partial charge in [-0.3, -0.25) is 14.8 Å². The molecule has 6 heteroatoms. The summed E-state index contributed by atoms with van der Waals surface area (Å²) in [6, 6.07) is 11.9. The number of likely N-dealkylation sites (tertiary alicyclic amines) is 1. The van der Waals surface area contributed by atoms with Gasteiger partial charge in [-0.1, -0.05) is 25.4 Å². The molecule has 0 radical (unpaired) electrons. The molecule has 1 saturated heterocycles. The molecule has 0 saturated carbocycles. The van der Waals surface area contributed by atoms with E-state index in [0.717, 1.165) is 79.1 Å². The fourth-order valence-corrected chi connectivity index (χ4v) is 4.71. The maximum absolute atomic E-state index is 11.1. The first kappa shape index (κ1) is 22.8. The van der Waals surface area contributed by atoms with Crippen molar-refractivity contribution < 1.29 is 5.11 Å². The fraction of sp³-hybridized carbons (Fsp3) is 0.423. The van der Waals surface area contributed by atoms with Crippen LogP contribution in [0.2, 0.25) is 5.02 Å². The van der Waals surface area contributed by atoms with E-state index < -0.39 is 0 Å². The third-order valence-electron chi connectivity index (χ3n) is 6.23. The van der Waals surface area contributed by atoms with E-state index in [4.69, 9.17) is 11.6 Å². The minimum Gasteiger partial charge on any atom is -0.507 e. The SMILES string of the molecule is CCCN(CC)Cc1cc(Nc2ccnc3cc(Cl)ccc23)cc(CN2CCCC2)c1O. The van der Waals surface area contributed by atoms with Gasteiger partial charge in [0.1, 0.15) is 5.75 Å². The van der Waals surface area contributed by atoms with Crippen LogP contribution >= 0.6 is 11.6 Å². The average molecular weight is 453 g/mol. The first-order valence-electron chi connectivity index (χ1n) is 11.7. The Kier molecular flexibility index (Phi) is 7.51. The Balaban J connectivity index is 1.69. The first-order chi connectivity index (χ1) is 15.6. The van der Waals surface area contributed by atoms with E-state index in [1.54, 1.807) is 6.20 Å². The number of phenols is 1. The van der Waals surface area contributed by atoms with E-state index in [9.17, 15) is 5.11 Å². The summed E-state index contributed by atoms with van der Waals surface area (Å²) < 4.78 is 0. The summed E-state index contributed by atoms with van der Waals surface area (Å²) in [7, 11) is 0. The highest BCUT2D eigenvalue weighted by atomic mass is 35.5. The van der Waals surface area contributed by atoms with Gasteiger partial charge in [0.25, 0.3) is 0 Å².